The predicted octanol–water partition coefficient (Wildman–Crippen LogP) is -0.605. The number of hydrogen-bond donors (Lipinski definition) is 1. The highest BCUT2D eigenvalue weighted by Crippen LogP contribution is 1.87. The highest BCUT2D eigenvalue weighted by Gasteiger charge is 1.88. The molecule has 0 fully saturated rings. The maximum atomic E-state index is 9.80. The van der Waals surface area contributed by atoms with Crippen LogP contribution in [0.25, 0.3) is 0 Å². The minimum Gasteiger partial charge on any atom is -0.369 e. The second-order valence-electron chi connectivity index (χ2n) is 0.874. The number of carbonyl (C=O) groups excluding carboxylic acids is 2. The molecule has 0 spiro atoms. The molecule has 0 aliphatic carbocycles. The van der Waals surface area contributed by atoms with Crippen LogP contribution in [0.4, 0.5) is 0 Å². The minimum atomic E-state index is -0.461. The maximum Gasteiger partial charge on any atom is 0.227 e. The van der Waals surface area contributed by atoms with Gasteiger partial charge in [0.2, 0.25) is 5.91 Å². The Morgan fingerprint density at radius 2 is 2.43 bits per heavy atom. The summed E-state index contributed by atoms with van der Waals surface area (Å²) in [5.41, 5.74) is 5.25. The van der Waals surface area contributed by atoms with Crippen molar-refractivity contribution in [1.29, 1.82) is 0 Å². The number of thioether (sulfide) groups is 1. The number of amides is 1. The number of carbonyl (C=O) groups is 2. The van der Waals surface area contributed by atoms with Crippen molar-refractivity contribution in [3.8, 4) is 0 Å². The molecule has 40 valence electrons. The van der Waals surface area contributed by atoms with Gasteiger partial charge in [-0.2, -0.15) is 0 Å². The van der Waals surface area contributed by atoms with Crippen LogP contribution in [0, 0.1) is 0 Å². The third-order valence-corrected chi connectivity index (χ3v) is 0.881. The average molecular weight is 119 g/mol. The summed E-state index contributed by atoms with van der Waals surface area (Å²) >= 11 is 0.861. The summed E-state index contributed by atoms with van der Waals surface area (Å²) in [6, 6.07) is 0. The zero-order valence-electron chi connectivity index (χ0n) is 3.59. The first-order valence-electron chi connectivity index (χ1n) is 1.61. The Hall–Kier alpha value is -0.510. The van der Waals surface area contributed by atoms with Crippen LogP contribution in [0.5, 0.6) is 0 Å². The van der Waals surface area contributed by atoms with E-state index in [0.29, 0.717) is 5.62 Å². The van der Waals surface area contributed by atoms with Crippen LogP contribution >= 0.6 is 11.8 Å². The van der Waals surface area contributed by atoms with E-state index in [1.54, 1.807) is 0 Å². The van der Waals surface area contributed by atoms with Crippen LogP contribution in [0.3, 0.4) is 0 Å². The summed E-state index contributed by atoms with van der Waals surface area (Å²) in [6.45, 7) is 0. The molecular formula is C3H5NO2S. The first-order chi connectivity index (χ1) is 3.27. The van der Waals surface area contributed by atoms with Crippen LogP contribution < -0.4 is 5.73 Å². The molecule has 0 radical (unpaired) electrons. The molecule has 0 saturated heterocycles. The van der Waals surface area contributed by atoms with Crippen molar-refractivity contribution >= 4 is 23.3 Å². The van der Waals surface area contributed by atoms with Gasteiger partial charge in [-0.1, -0.05) is 11.8 Å². The molecule has 0 saturated carbocycles. The summed E-state index contributed by atoms with van der Waals surface area (Å²) in [7, 11) is 0. The second-order valence-corrected chi connectivity index (χ2v) is 1.69. The molecule has 1 amide bonds. The Balaban J connectivity index is 2.97. The topological polar surface area (TPSA) is 60.2 Å². The van der Waals surface area contributed by atoms with Crippen LogP contribution in [-0.2, 0) is 9.59 Å². The van der Waals surface area contributed by atoms with Gasteiger partial charge < -0.3 is 5.73 Å². The van der Waals surface area contributed by atoms with E-state index >= 15 is 0 Å². The summed E-state index contributed by atoms with van der Waals surface area (Å²) in [4.78, 5) is 19.3. The van der Waals surface area contributed by atoms with E-state index in [9.17, 15) is 9.59 Å². The number of primary amides is 1. The van der Waals surface area contributed by atoms with E-state index in [2.05, 4.69) is 5.73 Å². The maximum absolute atomic E-state index is 9.80. The fourth-order valence-corrected chi connectivity index (χ4v) is 0.348. The fraction of sp³-hybridized carbons (Fsp3) is 0.333. The van der Waals surface area contributed by atoms with Gasteiger partial charge in [0, 0.05) is 0 Å². The molecule has 0 bridgehead atoms. The lowest BCUT2D eigenvalue weighted by atomic mass is 10.8. The lowest BCUT2D eigenvalue weighted by Gasteiger charge is -1.80. The van der Waals surface area contributed by atoms with Crippen LogP contribution in [-0.4, -0.2) is 17.3 Å². The standard InChI is InChI=1S/C3H5NO2S/c4-3(6)1-7-2-5/h2H,1H2,(H2,4,6). The quantitative estimate of drug-likeness (QED) is 0.504. The lowest BCUT2D eigenvalue weighted by Crippen LogP contribution is -2.12. The van der Waals surface area contributed by atoms with Crippen LogP contribution in [0.1, 0.15) is 0 Å². The number of hydrogen-bond acceptors (Lipinski definition) is 3. The van der Waals surface area contributed by atoms with Gasteiger partial charge in [-0.05, 0) is 0 Å². The largest absolute Gasteiger partial charge is 0.369 e. The first kappa shape index (κ1) is 6.49. The molecule has 0 rings (SSSR count). The molecule has 0 aliphatic rings. The third-order valence-electron chi connectivity index (χ3n) is 0.294. The van der Waals surface area contributed by atoms with Crippen molar-refractivity contribution in [2.45, 2.75) is 0 Å². The van der Waals surface area contributed by atoms with Gasteiger partial charge in [0.1, 0.15) is 0 Å². The normalized spacial score (nSPS) is 8.00. The van der Waals surface area contributed by atoms with Gasteiger partial charge in [0.05, 0.1) is 5.75 Å². The van der Waals surface area contributed by atoms with Gasteiger partial charge in [-0.15, -0.1) is 0 Å². The van der Waals surface area contributed by atoms with Crippen molar-refractivity contribution < 1.29 is 9.59 Å². The Morgan fingerprint density at radius 1 is 1.86 bits per heavy atom. The third kappa shape index (κ3) is 5.49. The summed E-state index contributed by atoms with van der Waals surface area (Å²) in [5, 5.41) is 0. The second kappa shape index (κ2) is 3.67. The molecule has 0 aromatic heterocycles. The number of nitrogens with two attached hydrogens (primary N) is 1. The van der Waals surface area contributed by atoms with Gasteiger partial charge in [0.15, 0.2) is 5.62 Å². The Morgan fingerprint density at radius 3 is 2.57 bits per heavy atom. The van der Waals surface area contributed by atoms with Crippen molar-refractivity contribution in [2.24, 2.45) is 5.73 Å². The molecule has 0 aromatic rings. The Kier molecular flexibility index (Phi) is 3.40. The minimum absolute atomic E-state index is 0.0868. The molecule has 7 heavy (non-hydrogen) atoms. The average Bonchev–Trinajstić information content (AvgIpc) is 1.61. The zero-order valence-corrected chi connectivity index (χ0v) is 4.40. The predicted molar refractivity (Wildman–Crippen MR) is 28.4 cm³/mol. The molecule has 4 heteroatoms. The molecular weight excluding hydrogens is 114 g/mol. The summed E-state index contributed by atoms with van der Waals surface area (Å²) in [6.07, 6.45) is 0. The highest BCUT2D eigenvalue weighted by molar-refractivity contribution is 8.12. The SMILES string of the molecule is NC(=O)CSC=O. The number of rotatable bonds is 3. The van der Waals surface area contributed by atoms with Crippen molar-refractivity contribution in [1.82, 2.24) is 0 Å². The van der Waals surface area contributed by atoms with Gasteiger partial charge in [-0.25, -0.2) is 0 Å². The highest BCUT2D eigenvalue weighted by atomic mass is 32.2. The van der Waals surface area contributed by atoms with Gasteiger partial charge in [-0.3, -0.25) is 9.59 Å². The molecule has 0 aromatic carbocycles. The molecule has 3 nitrogen and oxygen atoms in total. The van der Waals surface area contributed by atoms with E-state index in [-0.39, 0.29) is 5.75 Å². The Labute approximate surface area is 45.3 Å². The van der Waals surface area contributed by atoms with Crippen molar-refractivity contribution in [3.63, 3.8) is 0 Å². The lowest BCUT2D eigenvalue weighted by molar-refractivity contribution is -0.115. The smallest absolute Gasteiger partial charge is 0.227 e. The first-order valence-corrected chi connectivity index (χ1v) is 2.66. The van der Waals surface area contributed by atoms with Crippen molar-refractivity contribution in [2.75, 3.05) is 5.75 Å². The van der Waals surface area contributed by atoms with E-state index in [4.69, 9.17) is 0 Å². The van der Waals surface area contributed by atoms with Gasteiger partial charge >= 0.3 is 0 Å². The molecule has 0 unspecified atom stereocenters. The Bertz CT molecular complexity index is 83.0. The van der Waals surface area contributed by atoms with Gasteiger partial charge in [0.25, 0.3) is 0 Å². The molecule has 0 atom stereocenters. The van der Waals surface area contributed by atoms with E-state index < -0.39 is 5.91 Å². The fourth-order valence-electron chi connectivity index (χ4n) is 0.116. The van der Waals surface area contributed by atoms with E-state index in [0.717, 1.165) is 11.8 Å². The molecule has 2 N–H and O–H groups in total. The van der Waals surface area contributed by atoms with Crippen molar-refractivity contribution in [3.05, 3.63) is 0 Å². The van der Waals surface area contributed by atoms with Crippen LogP contribution in [0.2, 0.25) is 0 Å². The van der Waals surface area contributed by atoms with E-state index in [1.165, 1.54) is 0 Å². The molecule has 0 heterocycles. The van der Waals surface area contributed by atoms with E-state index in [1.807, 2.05) is 0 Å². The molecule has 0 aliphatic heterocycles. The van der Waals surface area contributed by atoms with Crippen LogP contribution in [0.15, 0.2) is 0 Å². The monoisotopic (exact) mass is 119 g/mol. The summed E-state index contributed by atoms with van der Waals surface area (Å²) < 4.78 is 0. The zero-order chi connectivity index (χ0) is 5.70. The summed E-state index contributed by atoms with van der Waals surface area (Å²) in [5.74, 6) is -0.374.